The number of hydrogen-bond acceptors (Lipinski definition) is 4. The number of nitrogens with one attached hydrogen (secondary N) is 1. The van der Waals surface area contributed by atoms with E-state index in [9.17, 15) is 8.42 Å². The molecule has 1 N–H and O–H groups in total. The Morgan fingerprint density at radius 1 is 1.24 bits per heavy atom. The van der Waals surface area contributed by atoms with Gasteiger partial charge in [-0.3, -0.25) is 14.1 Å². The number of halogens is 1. The molecular weight excluding hydrogens is 362 g/mol. The summed E-state index contributed by atoms with van der Waals surface area (Å²) in [4.78, 5) is 0.189. The molecule has 0 radical (unpaired) electrons. The molecule has 132 valence electrons. The van der Waals surface area contributed by atoms with Crippen molar-refractivity contribution in [1.29, 1.82) is 0 Å². The van der Waals surface area contributed by atoms with E-state index >= 15 is 0 Å². The van der Waals surface area contributed by atoms with Gasteiger partial charge in [0.25, 0.3) is 10.0 Å². The summed E-state index contributed by atoms with van der Waals surface area (Å²) in [6.45, 7) is 3.84. The fourth-order valence-corrected chi connectivity index (χ4v) is 4.32. The molecule has 7 nitrogen and oxygen atoms in total. The number of benzene rings is 1. The molecule has 0 amide bonds. The number of nitrogens with zero attached hydrogens (tertiary/aromatic N) is 4. The van der Waals surface area contributed by atoms with Crippen LogP contribution >= 0.6 is 11.6 Å². The van der Waals surface area contributed by atoms with Gasteiger partial charge in [-0.1, -0.05) is 29.8 Å². The molecular formula is C16H18ClN5O2S. The molecule has 0 bridgehead atoms. The summed E-state index contributed by atoms with van der Waals surface area (Å²) in [7, 11) is -2.02. The first-order valence-corrected chi connectivity index (χ1v) is 9.43. The number of aryl methyl sites for hydroxylation is 2. The van der Waals surface area contributed by atoms with Crippen LogP contribution in [0.3, 0.4) is 0 Å². The molecule has 0 spiro atoms. The van der Waals surface area contributed by atoms with Crippen molar-refractivity contribution in [3.63, 3.8) is 0 Å². The van der Waals surface area contributed by atoms with Crippen molar-refractivity contribution >= 4 is 27.3 Å². The Hall–Kier alpha value is -2.32. The zero-order chi connectivity index (χ0) is 18.2. The van der Waals surface area contributed by atoms with Crippen molar-refractivity contribution < 1.29 is 8.42 Å². The second-order valence-corrected chi connectivity index (χ2v) is 7.77. The second-order valence-electron chi connectivity index (χ2n) is 5.75. The highest BCUT2D eigenvalue weighted by Crippen LogP contribution is 2.22. The Morgan fingerprint density at radius 2 is 1.96 bits per heavy atom. The summed E-state index contributed by atoms with van der Waals surface area (Å²) in [6, 6.07) is 7.45. The van der Waals surface area contributed by atoms with Crippen LogP contribution in [-0.4, -0.2) is 28.0 Å². The van der Waals surface area contributed by atoms with E-state index in [1.165, 1.54) is 6.20 Å². The molecule has 0 unspecified atom stereocenters. The van der Waals surface area contributed by atoms with Crippen molar-refractivity contribution in [2.75, 3.05) is 4.72 Å². The molecule has 1 aromatic carbocycles. The molecule has 0 aliphatic carbocycles. The standard InChI is InChI=1S/C16H18ClN5O2S/c1-11-16(12(2)21(3)19-11)25(23,24)20-14-8-18-22(10-14)9-13-6-4-5-7-15(13)17/h4-8,10,20H,9H2,1-3H3. The lowest BCUT2D eigenvalue weighted by atomic mass is 10.2. The lowest BCUT2D eigenvalue weighted by molar-refractivity contribution is 0.599. The van der Waals surface area contributed by atoms with Gasteiger partial charge in [-0.05, 0) is 25.5 Å². The highest BCUT2D eigenvalue weighted by atomic mass is 35.5. The first kappa shape index (κ1) is 17.5. The van der Waals surface area contributed by atoms with E-state index in [0.29, 0.717) is 28.6 Å². The molecule has 0 aliphatic heterocycles. The molecule has 0 saturated carbocycles. The number of aromatic nitrogens is 4. The minimum Gasteiger partial charge on any atom is -0.276 e. The summed E-state index contributed by atoms with van der Waals surface area (Å²) >= 11 is 6.14. The molecule has 0 fully saturated rings. The number of anilines is 1. The van der Waals surface area contributed by atoms with E-state index in [1.807, 2.05) is 18.2 Å². The van der Waals surface area contributed by atoms with E-state index in [1.54, 1.807) is 42.5 Å². The molecule has 3 rings (SSSR count). The summed E-state index contributed by atoms with van der Waals surface area (Å²) in [5, 5.41) is 8.98. The molecule has 0 atom stereocenters. The molecule has 3 aromatic rings. The summed E-state index contributed by atoms with van der Waals surface area (Å²) < 4.78 is 31.0. The van der Waals surface area contributed by atoms with Gasteiger partial charge >= 0.3 is 0 Å². The van der Waals surface area contributed by atoms with Gasteiger partial charge in [0.15, 0.2) is 0 Å². The fraction of sp³-hybridized carbons (Fsp3) is 0.250. The van der Waals surface area contributed by atoms with E-state index in [4.69, 9.17) is 11.6 Å². The van der Waals surface area contributed by atoms with Crippen LogP contribution in [0.5, 0.6) is 0 Å². The number of sulfonamides is 1. The normalized spacial score (nSPS) is 11.7. The maximum Gasteiger partial charge on any atom is 0.265 e. The Kier molecular flexibility index (Phi) is 4.57. The average molecular weight is 380 g/mol. The van der Waals surface area contributed by atoms with E-state index < -0.39 is 10.0 Å². The SMILES string of the molecule is Cc1nn(C)c(C)c1S(=O)(=O)Nc1cnn(Cc2ccccc2Cl)c1. The summed E-state index contributed by atoms with van der Waals surface area (Å²) in [5.74, 6) is 0. The molecule has 0 saturated heterocycles. The third-order valence-corrected chi connectivity index (χ3v) is 5.89. The van der Waals surface area contributed by atoms with Crippen LogP contribution in [0.2, 0.25) is 5.02 Å². The second kappa shape index (κ2) is 6.53. The first-order valence-electron chi connectivity index (χ1n) is 7.57. The van der Waals surface area contributed by atoms with E-state index in [-0.39, 0.29) is 4.90 Å². The lowest BCUT2D eigenvalue weighted by Gasteiger charge is -2.06. The van der Waals surface area contributed by atoms with Crippen LogP contribution in [0.1, 0.15) is 17.0 Å². The van der Waals surface area contributed by atoms with Crippen molar-refractivity contribution in [2.45, 2.75) is 25.3 Å². The maximum absolute atomic E-state index is 12.7. The third-order valence-electron chi connectivity index (χ3n) is 3.89. The van der Waals surface area contributed by atoms with Crippen LogP contribution in [0.15, 0.2) is 41.6 Å². The average Bonchev–Trinajstić information content (AvgIpc) is 3.05. The molecule has 2 heterocycles. The van der Waals surface area contributed by atoms with Crippen molar-refractivity contribution in [3.8, 4) is 0 Å². The topological polar surface area (TPSA) is 81.8 Å². The molecule has 2 aromatic heterocycles. The van der Waals surface area contributed by atoms with Gasteiger partial charge in [-0.15, -0.1) is 0 Å². The highest BCUT2D eigenvalue weighted by molar-refractivity contribution is 7.92. The van der Waals surface area contributed by atoms with Crippen LogP contribution in [0, 0.1) is 13.8 Å². The summed E-state index contributed by atoms with van der Waals surface area (Å²) in [5.41, 5.74) is 2.32. The van der Waals surface area contributed by atoms with Crippen molar-refractivity contribution in [3.05, 3.63) is 58.6 Å². The van der Waals surface area contributed by atoms with Gasteiger partial charge in [0.2, 0.25) is 0 Å². The minimum absolute atomic E-state index is 0.189. The zero-order valence-electron chi connectivity index (χ0n) is 14.1. The Morgan fingerprint density at radius 3 is 2.60 bits per heavy atom. The van der Waals surface area contributed by atoms with Gasteiger partial charge in [-0.2, -0.15) is 10.2 Å². The predicted octanol–water partition coefficient (Wildman–Crippen LogP) is 2.74. The fourth-order valence-electron chi connectivity index (χ4n) is 2.65. The number of rotatable bonds is 5. The minimum atomic E-state index is -3.73. The smallest absolute Gasteiger partial charge is 0.265 e. The monoisotopic (exact) mass is 379 g/mol. The quantitative estimate of drug-likeness (QED) is 0.739. The Bertz CT molecular complexity index is 1020. The highest BCUT2D eigenvalue weighted by Gasteiger charge is 2.24. The largest absolute Gasteiger partial charge is 0.276 e. The number of hydrogen-bond donors (Lipinski definition) is 1. The van der Waals surface area contributed by atoms with Gasteiger partial charge in [0, 0.05) is 18.3 Å². The van der Waals surface area contributed by atoms with Crippen molar-refractivity contribution in [1.82, 2.24) is 19.6 Å². The van der Waals surface area contributed by atoms with E-state index in [2.05, 4.69) is 14.9 Å². The zero-order valence-corrected chi connectivity index (χ0v) is 15.6. The van der Waals surface area contributed by atoms with Gasteiger partial charge in [-0.25, -0.2) is 8.42 Å². The lowest BCUT2D eigenvalue weighted by Crippen LogP contribution is -2.14. The Labute approximate surface area is 151 Å². The van der Waals surface area contributed by atoms with Gasteiger partial charge in [0.1, 0.15) is 4.90 Å². The van der Waals surface area contributed by atoms with Gasteiger partial charge in [0.05, 0.1) is 29.8 Å². The van der Waals surface area contributed by atoms with Crippen LogP contribution < -0.4 is 4.72 Å². The van der Waals surface area contributed by atoms with Crippen LogP contribution in [-0.2, 0) is 23.6 Å². The Balaban J connectivity index is 1.82. The molecule has 0 aliphatic rings. The summed E-state index contributed by atoms with van der Waals surface area (Å²) in [6.07, 6.45) is 3.09. The van der Waals surface area contributed by atoms with Gasteiger partial charge < -0.3 is 0 Å². The third kappa shape index (κ3) is 3.54. The first-order chi connectivity index (χ1) is 11.8. The van der Waals surface area contributed by atoms with Crippen LogP contribution in [0.25, 0.3) is 0 Å². The maximum atomic E-state index is 12.7. The van der Waals surface area contributed by atoms with Crippen LogP contribution in [0.4, 0.5) is 5.69 Å². The molecule has 25 heavy (non-hydrogen) atoms. The molecule has 9 heteroatoms. The van der Waals surface area contributed by atoms with Crippen molar-refractivity contribution in [2.24, 2.45) is 7.05 Å². The predicted molar refractivity (Wildman–Crippen MR) is 96.3 cm³/mol. The van der Waals surface area contributed by atoms with E-state index in [0.717, 1.165) is 5.56 Å².